The zero-order valence-electron chi connectivity index (χ0n) is 9.08. The Morgan fingerprint density at radius 3 is 2.60 bits per heavy atom. The summed E-state index contributed by atoms with van der Waals surface area (Å²) in [4.78, 5) is 2.48. The van der Waals surface area contributed by atoms with E-state index in [4.69, 9.17) is 11.5 Å². The maximum Gasteiger partial charge on any atom is 0.0359 e. The monoisotopic (exact) mass is 205 g/mol. The molecule has 3 heteroatoms. The molecule has 1 heterocycles. The largest absolute Gasteiger partial charge is 0.398 e. The second-order valence-corrected chi connectivity index (χ2v) is 4.22. The molecular formula is C12H19N3. The third-order valence-corrected chi connectivity index (χ3v) is 3.03. The molecule has 0 unspecified atom stereocenters. The van der Waals surface area contributed by atoms with E-state index in [0.717, 1.165) is 17.8 Å². The highest BCUT2D eigenvalue weighted by atomic mass is 15.1. The molecule has 82 valence electrons. The van der Waals surface area contributed by atoms with Gasteiger partial charge in [0.2, 0.25) is 0 Å². The Morgan fingerprint density at radius 2 is 1.93 bits per heavy atom. The fourth-order valence-corrected chi connectivity index (χ4v) is 2.13. The number of anilines is 1. The highest BCUT2D eigenvalue weighted by Gasteiger charge is 2.11. The predicted molar refractivity (Wildman–Crippen MR) is 63.3 cm³/mol. The summed E-state index contributed by atoms with van der Waals surface area (Å²) >= 11 is 0. The van der Waals surface area contributed by atoms with Gasteiger partial charge in [0.1, 0.15) is 0 Å². The first-order valence-corrected chi connectivity index (χ1v) is 5.59. The highest BCUT2D eigenvalue weighted by molar-refractivity contribution is 5.48. The van der Waals surface area contributed by atoms with Crippen molar-refractivity contribution in [3.8, 4) is 0 Å². The number of likely N-dealkylation sites (tertiary alicyclic amines) is 1. The zero-order chi connectivity index (χ0) is 10.7. The van der Waals surface area contributed by atoms with Crippen LogP contribution in [0.1, 0.15) is 24.0 Å². The summed E-state index contributed by atoms with van der Waals surface area (Å²) in [6, 6.07) is 6.20. The number of hydrogen-bond donors (Lipinski definition) is 2. The molecule has 15 heavy (non-hydrogen) atoms. The van der Waals surface area contributed by atoms with Crippen molar-refractivity contribution in [2.24, 2.45) is 5.73 Å². The average molecular weight is 205 g/mol. The van der Waals surface area contributed by atoms with Gasteiger partial charge in [-0.3, -0.25) is 4.90 Å². The van der Waals surface area contributed by atoms with Gasteiger partial charge in [0, 0.05) is 18.8 Å². The standard InChI is InChI=1S/C12H19N3/c13-8-11-7-10(3-4-12(11)14)9-15-5-1-2-6-15/h3-4,7H,1-2,5-6,8-9,13-14H2. The molecule has 0 atom stereocenters. The van der Waals surface area contributed by atoms with Gasteiger partial charge in [-0.15, -0.1) is 0 Å². The van der Waals surface area contributed by atoms with Crippen molar-refractivity contribution in [1.29, 1.82) is 0 Å². The van der Waals surface area contributed by atoms with Gasteiger partial charge in [-0.25, -0.2) is 0 Å². The Labute approximate surface area is 91.1 Å². The lowest BCUT2D eigenvalue weighted by Crippen LogP contribution is -2.18. The molecule has 0 saturated carbocycles. The van der Waals surface area contributed by atoms with Crippen molar-refractivity contribution >= 4 is 5.69 Å². The molecule has 0 bridgehead atoms. The van der Waals surface area contributed by atoms with Gasteiger partial charge in [-0.2, -0.15) is 0 Å². The van der Waals surface area contributed by atoms with Crippen molar-refractivity contribution in [2.75, 3.05) is 18.8 Å². The van der Waals surface area contributed by atoms with Crippen molar-refractivity contribution in [1.82, 2.24) is 4.90 Å². The lowest BCUT2D eigenvalue weighted by Gasteiger charge is -2.15. The topological polar surface area (TPSA) is 55.3 Å². The van der Waals surface area contributed by atoms with Gasteiger partial charge in [0.15, 0.2) is 0 Å². The molecule has 0 aromatic heterocycles. The van der Waals surface area contributed by atoms with Crippen molar-refractivity contribution in [3.63, 3.8) is 0 Å². The van der Waals surface area contributed by atoms with Crippen LogP contribution in [0.4, 0.5) is 5.69 Å². The quantitative estimate of drug-likeness (QED) is 0.732. The minimum atomic E-state index is 0.527. The summed E-state index contributed by atoms with van der Waals surface area (Å²) in [6.07, 6.45) is 2.66. The number of nitrogens with two attached hydrogens (primary N) is 2. The number of nitrogen functional groups attached to an aromatic ring is 1. The van der Waals surface area contributed by atoms with Gasteiger partial charge in [0.05, 0.1) is 0 Å². The summed E-state index contributed by atoms with van der Waals surface area (Å²) in [5.41, 5.74) is 14.6. The molecule has 4 N–H and O–H groups in total. The summed E-state index contributed by atoms with van der Waals surface area (Å²) in [5, 5.41) is 0. The average Bonchev–Trinajstić information content (AvgIpc) is 2.73. The number of benzene rings is 1. The third kappa shape index (κ3) is 2.49. The Balaban J connectivity index is 2.07. The van der Waals surface area contributed by atoms with E-state index in [1.165, 1.54) is 31.5 Å². The van der Waals surface area contributed by atoms with Gasteiger partial charge < -0.3 is 11.5 Å². The van der Waals surface area contributed by atoms with Crippen LogP contribution in [0.15, 0.2) is 18.2 Å². The second-order valence-electron chi connectivity index (χ2n) is 4.22. The molecule has 3 nitrogen and oxygen atoms in total. The van der Waals surface area contributed by atoms with E-state index < -0.39 is 0 Å². The van der Waals surface area contributed by atoms with E-state index in [2.05, 4.69) is 17.0 Å². The smallest absolute Gasteiger partial charge is 0.0359 e. The first kappa shape index (κ1) is 10.5. The molecule has 0 aliphatic carbocycles. The summed E-state index contributed by atoms with van der Waals surface area (Å²) in [7, 11) is 0. The molecule has 0 amide bonds. The Bertz CT molecular complexity index is 330. The third-order valence-electron chi connectivity index (χ3n) is 3.03. The van der Waals surface area contributed by atoms with Crippen LogP contribution in [-0.2, 0) is 13.1 Å². The number of nitrogens with zero attached hydrogens (tertiary/aromatic N) is 1. The van der Waals surface area contributed by atoms with Gasteiger partial charge >= 0.3 is 0 Å². The van der Waals surface area contributed by atoms with Crippen LogP contribution in [0, 0.1) is 0 Å². The minimum absolute atomic E-state index is 0.527. The van der Waals surface area contributed by atoms with Gasteiger partial charge in [-0.05, 0) is 43.1 Å². The molecule has 1 saturated heterocycles. The van der Waals surface area contributed by atoms with Crippen LogP contribution in [-0.4, -0.2) is 18.0 Å². The molecule has 0 spiro atoms. The van der Waals surface area contributed by atoms with Gasteiger partial charge in [0.25, 0.3) is 0 Å². The lowest BCUT2D eigenvalue weighted by atomic mass is 10.1. The second kappa shape index (κ2) is 4.64. The maximum absolute atomic E-state index is 5.81. The Kier molecular flexibility index (Phi) is 3.23. The van der Waals surface area contributed by atoms with Crippen LogP contribution in [0.2, 0.25) is 0 Å². The lowest BCUT2D eigenvalue weighted by molar-refractivity contribution is 0.331. The van der Waals surface area contributed by atoms with E-state index >= 15 is 0 Å². The minimum Gasteiger partial charge on any atom is -0.398 e. The van der Waals surface area contributed by atoms with Crippen LogP contribution >= 0.6 is 0 Å². The van der Waals surface area contributed by atoms with Crippen molar-refractivity contribution in [2.45, 2.75) is 25.9 Å². The van der Waals surface area contributed by atoms with Crippen molar-refractivity contribution < 1.29 is 0 Å². The van der Waals surface area contributed by atoms with Crippen LogP contribution in [0.5, 0.6) is 0 Å². The van der Waals surface area contributed by atoms with Gasteiger partial charge in [-0.1, -0.05) is 12.1 Å². The molecular weight excluding hydrogens is 186 g/mol. The fraction of sp³-hybridized carbons (Fsp3) is 0.500. The summed E-state index contributed by atoms with van der Waals surface area (Å²) in [5.74, 6) is 0. The normalized spacial score (nSPS) is 17.1. The van der Waals surface area contributed by atoms with E-state index in [-0.39, 0.29) is 0 Å². The Morgan fingerprint density at radius 1 is 1.20 bits per heavy atom. The summed E-state index contributed by atoms with van der Waals surface area (Å²) < 4.78 is 0. The molecule has 0 radical (unpaired) electrons. The van der Waals surface area contributed by atoms with E-state index in [1.54, 1.807) is 0 Å². The fourth-order valence-electron chi connectivity index (χ4n) is 2.13. The molecule has 1 aromatic carbocycles. The van der Waals surface area contributed by atoms with Crippen LogP contribution < -0.4 is 11.5 Å². The first-order valence-electron chi connectivity index (χ1n) is 5.59. The highest BCUT2D eigenvalue weighted by Crippen LogP contribution is 2.17. The molecule has 1 fully saturated rings. The van der Waals surface area contributed by atoms with E-state index in [1.807, 2.05) is 6.07 Å². The van der Waals surface area contributed by atoms with Crippen molar-refractivity contribution in [3.05, 3.63) is 29.3 Å². The molecule has 1 aromatic rings. The zero-order valence-corrected chi connectivity index (χ0v) is 9.08. The predicted octanol–water partition coefficient (Wildman–Crippen LogP) is 1.32. The molecule has 2 rings (SSSR count). The molecule has 1 aliphatic rings. The van der Waals surface area contributed by atoms with Crippen LogP contribution in [0.3, 0.4) is 0 Å². The van der Waals surface area contributed by atoms with Crippen LogP contribution in [0.25, 0.3) is 0 Å². The number of rotatable bonds is 3. The first-order chi connectivity index (χ1) is 7.29. The van der Waals surface area contributed by atoms with E-state index in [9.17, 15) is 0 Å². The van der Waals surface area contributed by atoms with E-state index in [0.29, 0.717) is 6.54 Å². The molecule has 1 aliphatic heterocycles. The number of hydrogen-bond acceptors (Lipinski definition) is 3. The SMILES string of the molecule is NCc1cc(CN2CCCC2)ccc1N. The summed E-state index contributed by atoms with van der Waals surface area (Å²) in [6.45, 7) is 4.01. The Hall–Kier alpha value is -1.06. The maximum atomic E-state index is 5.81.